The second-order valence-corrected chi connectivity index (χ2v) is 10.6. The van der Waals surface area contributed by atoms with E-state index in [9.17, 15) is 13.2 Å². The van der Waals surface area contributed by atoms with Gasteiger partial charge in [0.15, 0.2) is 5.78 Å². The number of ether oxygens (including phenoxy) is 1. The van der Waals surface area contributed by atoms with Crippen LogP contribution in [0.1, 0.15) is 22.8 Å². The monoisotopic (exact) mass is 524 g/mol. The van der Waals surface area contributed by atoms with Gasteiger partial charge in [-0.05, 0) is 49.4 Å². The number of carbonyl (C=O) groups is 1. The fourth-order valence-electron chi connectivity index (χ4n) is 3.07. The van der Waals surface area contributed by atoms with Gasteiger partial charge in [0.2, 0.25) is 0 Å². The van der Waals surface area contributed by atoms with Crippen LogP contribution in [0.4, 0.5) is 0 Å². The van der Waals surface area contributed by atoms with Gasteiger partial charge in [0.1, 0.15) is 25.4 Å². The zero-order valence-corrected chi connectivity index (χ0v) is 21.6. The Balaban J connectivity index is 0.000000310. The molecule has 0 unspecified atom stereocenters. The van der Waals surface area contributed by atoms with Crippen LogP contribution in [0, 0.1) is 0 Å². The minimum atomic E-state index is -4.08. The van der Waals surface area contributed by atoms with Crippen LogP contribution >= 0.6 is 23.2 Å². The van der Waals surface area contributed by atoms with Crippen LogP contribution in [-0.2, 0) is 16.7 Å². The predicted octanol–water partition coefficient (Wildman–Crippen LogP) is 5.78. The minimum Gasteiger partial charge on any atom is -0.487 e. The van der Waals surface area contributed by atoms with Gasteiger partial charge in [0.25, 0.3) is 10.1 Å². The van der Waals surface area contributed by atoms with Gasteiger partial charge in [-0.25, -0.2) is 0 Å². The highest BCUT2D eigenvalue weighted by molar-refractivity contribution is 7.85. The van der Waals surface area contributed by atoms with E-state index < -0.39 is 10.1 Å². The number of hydrogen-bond acceptors (Lipinski definition) is 4. The van der Waals surface area contributed by atoms with Crippen molar-refractivity contribution in [1.29, 1.82) is 0 Å². The number of ketones is 1. The molecule has 0 amide bonds. The van der Waals surface area contributed by atoms with E-state index >= 15 is 0 Å². The highest BCUT2D eigenvalue weighted by Crippen LogP contribution is 2.23. The molecule has 9 heteroatoms. The molecule has 34 heavy (non-hydrogen) atoms. The van der Waals surface area contributed by atoms with Crippen molar-refractivity contribution in [3.05, 3.63) is 94.0 Å². The molecule has 0 saturated heterocycles. The lowest BCUT2D eigenvalue weighted by atomic mass is 10.1. The Hall–Kier alpha value is -2.42. The number of Topliss-reactive ketones (excluding diaryl/α,β-unsaturated/α-hetero) is 1. The lowest BCUT2D eigenvalue weighted by Gasteiger charge is -2.29. The van der Waals surface area contributed by atoms with Crippen molar-refractivity contribution in [2.24, 2.45) is 0 Å². The lowest BCUT2D eigenvalue weighted by molar-refractivity contribution is -0.903. The number of quaternary nitrogens is 1. The Bertz CT molecular complexity index is 1200. The summed E-state index contributed by atoms with van der Waals surface area (Å²) in [5, 5.41) is 0.972. The molecule has 3 aromatic carbocycles. The molecule has 0 aliphatic carbocycles. The molecule has 0 heterocycles. The summed E-state index contributed by atoms with van der Waals surface area (Å²) in [6.07, 6.45) is 0. The first-order chi connectivity index (χ1) is 15.9. The molecule has 0 bridgehead atoms. The first kappa shape index (κ1) is 27.8. The number of hydrogen-bond donors (Lipinski definition) is 1. The molecule has 6 nitrogen and oxygen atoms in total. The van der Waals surface area contributed by atoms with E-state index in [-0.39, 0.29) is 10.7 Å². The fourth-order valence-corrected chi connectivity index (χ4v) is 3.85. The summed E-state index contributed by atoms with van der Waals surface area (Å²) in [6.45, 7) is 3.84. The number of nitrogens with zero attached hydrogens (tertiary/aromatic N) is 1. The van der Waals surface area contributed by atoms with Crippen molar-refractivity contribution in [2.75, 3.05) is 27.2 Å². The molecule has 0 atom stereocenters. The molecule has 0 aromatic heterocycles. The highest BCUT2D eigenvalue weighted by atomic mass is 35.5. The molecule has 3 aromatic rings. The second-order valence-electron chi connectivity index (χ2n) is 8.28. The van der Waals surface area contributed by atoms with Crippen molar-refractivity contribution in [3.63, 3.8) is 0 Å². The molecular weight excluding hydrogens is 497 g/mol. The number of carbonyl (C=O) groups excluding carboxylic acids is 1. The Morgan fingerprint density at radius 3 is 2.09 bits per heavy atom. The summed E-state index contributed by atoms with van der Waals surface area (Å²) in [6, 6.07) is 20.8. The van der Waals surface area contributed by atoms with E-state index in [0.29, 0.717) is 28.0 Å². The van der Waals surface area contributed by atoms with E-state index in [2.05, 4.69) is 38.4 Å². The van der Waals surface area contributed by atoms with Gasteiger partial charge in [0.05, 0.1) is 24.6 Å². The van der Waals surface area contributed by atoms with Crippen molar-refractivity contribution < 1.29 is 27.0 Å². The lowest BCUT2D eigenvalue weighted by Crippen LogP contribution is -2.42. The maximum Gasteiger partial charge on any atom is 0.294 e. The zero-order valence-electron chi connectivity index (χ0n) is 19.2. The molecule has 182 valence electrons. The Morgan fingerprint density at radius 2 is 1.53 bits per heavy atom. The van der Waals surface area contributed by atoms with Crippen LogP contribution in [0.2, 0.25) is 10.0 Å². The average Bonchev–Trinajstić information content (AvgIpc) is 2.75. The van der Waals surface area contributed by atoms with Crippen LogP contribution < -0.4 is 4.74 Å². The molecule has 0 aliphatic heterocycles. The third-order valence-corrected chi connectivity index (χ3v) is 6.19. The van der Waals surface area contributed by atoms with E-state index in [1.165, 1.54) is 36.8 Å². The maximum absolute atomic E-state index is 11.7. The quantitative estimate of drug-likeness (QED) is 0.229. The fraction of sp³-hybridized carbons (Fsp3) is 0.240. The van der Waals surface area contributed by atoms with Gasteiger partial charge in [-0.3, -0.25) is 9.35 Å². The van der Waals surface area contributed by atoms with Crippen LogP contribution in [-0.4, -0.2) is 50.5 Å². The molecule has 0 radical (unpaired) electrons. The van der Waals surface area contributed by atoms with Crippen LogP contribution in [0.5, 0.6) is 5.75 Å². The molecule has 1 N–H and O–H groups in total. The topological polar surface area (TPSA) is 80.7 Å². The summed E-state index contributed by atoms with van der Waals surface area (Å²) in [5.74, 6) is 0.558. The molecular formula is C25H28Cl2NO5S+. The summed E-state index contributed by atoms with van der Waals surface area (Å²) in [7, 11) is 0.263. The van der Waals surface area contributed by atoms with Crippen molar-refractivity contribution in [1.82, 2.24) is 0 Å². The normalized spacial score (nSPS) is 11.4. The first-order valence-electron chi connectivity index (χ1n) is 10.4. The van der Waals surface area contributed by atoms with Crippen molar-refractivity contribution in [2.45, 2.75) is 18.4 Å². The van der Waals surface area contributed by atoms with E-state index in [4.69, 9.17) is 32.5 Å². The number of benzene rings is 3. The third kappa shape index (κ3) is 9.44. The Morgan fingerprint density at radius 1 is 0.941 bits per heavy atom. The predicted molar refractivity (Wildman–Crippen MR) is 135 cm³/mol. The standard InChI is InChI=1S/C19H23ClNO2.C6H5ClO3S/c1-15(22)18-13-17(20)9-10-19(18)23-12-11-21(2,3)14-16-7-5-4-6-8-16;7-5-1-3-6(4-2-5)11(8,9)10/h4-10,13H,11-12,14H2,1-3H3;1-4H,(H,8,9,10)/q+1;. The third-order valence-electron chi connectivity index (χ3n) is 4.84. The highest BCUT2D eigenvalue weighted by Gasteiger charge is 2.17. The van der Waals surface area contributed by atoms with E-state index in [1.54, 1.807) is 18.2 Å². The SMILES string of the molecule is CC(=O)c1cc(Cl)ccc1OCC[N+](C)(C)Cc1ccccc1.O=S(=O)(O)c1ccc(Cl)cc1. The maximum atomic E-state index is 11.7. The minimum absolute atomic E-state index is 0.0412. The van der Waals surface area contributed by atoms with Gasteiger partial charge < -0.3 is 9.22 Å². The molecule has 0 fully saturated rings. The average molecular weight is 525 g/mol. The largest absolute Gasteiger partial charge is 0.487 e. The van der Waals surface area contributed by atoms with Gasteiger partial charge in [-0.2, -0.15) is 8.42 Å². The van der Waals surface area contributed by atoms with Gasteiger partial charge in [-0.1, -0.05) is 53.5 Å². The number of likely N-dealkylation sites (N-methyl/N-ethyl adjacent to an activating group) is 1. The Labute approximate surface area is 211 Å². The van der Waals surface area contributed by atoms with Crippen LogP contribution in [0.15, 0.2) is 77.7 Å². The number of halogens is 2. The zero-order chi connectivity index (χ0) is 25.4. The van der Waals surface area contributed by atoms with Crippen molar-refractivity contribution in [3.8, 4) is 5.75 Å². The number of rotatable bonds is 8. The molecule has 0 spiro atoms. The van der Waals surface area contributed by atoms with Gasteiger partial charge in [-0.15, -0.1) is 0 Å². The Kier molecular flexibility index (Phi) is 10.1. The van der Waals surface area contributed by atoms with Crippen LogP contribution in [0.3, 0.4) is 0 Å². The van der Waals surface area contributed by atoms with E-state index in [0.717, 1.165) is 17.6 Å². The second kappa shape index (κ2) is 12.3. The summed E-state index contributed by atoms with van der Waals surface area (Å²) in [5.41, 5.74) is 1.83. The molecule has 0 saturated carbocycles. The van der Waals surface area contributed by atoms with Crippen molar-refractivity contribution >= 4 is 39.1 Å². The van der Waals surface area contributed by atoms with Gasteiger partial charge in [0, 0.05) is 15.6 Å². The summed E-state index contributed by atoms with van der Waals surface area (Å²) in [4.78, 5) is 11.5. The molecule has 0 aliphatic rings. The summed E-state index contributed by atoms with van der Waals surface area (Å²) < 4.78 is 36.1. The summed E-state index contributed by atoms with van der Waals surface area (Å²) >= 11 is 11.4. The van der Waals surface area contributed by atoms with E-state index in [1.807, 2.05) is 6.07 Å². The van der Waals surface area contributed by atoms with Crippen LogP contribution in [0.25, 0.3) is 0 Å². The first-order valence-corrected chi connectivity index (χ1v) is 12.6. The smallest absolute Gasteiger partial charge is 0.294 e. The molecule has 3 rings (SSSR count). The van der Waals surface area contributed by atoms with Gasteiger partial charge >= 0.3 is 0 Å².